The fourth-order valence-electron chi connectivity index (χ4n) is 1.17. The van der Waals surface area contributed by atoms with Gasteiger partial charge >= 0.3 is 0 Å². The molecule has 0 rings (SSSR count). The van der Waals surface area contributed by atoms with E-state index in [0.717, 1.165) is 12.3 Å². The predicted molar refractivity (Wildman–Crippen MR) is 61.8 cm³/mol. The summed E-state index contributed by atoms with van der Waals surface area (Å²) in [7, 11) is 0. The highest BCUT2D eigenvalue weighted by atomic mass is 14.0. The molecule has 1 atom stereocenters. The maximum atomic E-state index is 3.67. The van der Waals surface area contributed by atoms with Crippen molar-refractivity contribution < 1.29 is 0 Å². The van der Waals surface area contributed by atoms with Gasteiger partial charge in [0.15, 0.2) is 0 Å². The summed E-state index contributed by atoms with van der Waals surface area (Å²) in [5.41, 5.74) is 1.47. The van der Waals surface area contributed by atoms with Gasteiger partial charge < -0.3 is 0 Å². The summed E-state index contributed by atoms with van der Waals surface area (Å²) in [6.45, 7) is 10.4. The average Bonchev–Trinajstić information content (AvgIpc) is 2.12. The quantitative estimate of drug-likeness (QED) is 0.415. The molecule has 0 aliphatic carbocycles. The van der Waals surface area contributed by atoms with Crippen LogP contribution < -0.4 is 0 Å². The lowest BCUT2D eigenvalue weighted by Gasteiger charge is -2.06. The lowest BCUT2D eigenvalue weighted by atomic mass is 10.00. The van der Waals surface area contributed by atoms with Gasteiger partial charge in [0.05, 0.1) is 0 Å². The first kappa shape index (κ1) is 12.2. The van der Waals surface area contributed by atoms with Crippen molar-refractivity contribution in [3.8, 4) is 0 Å². The summed E-state index contributed by atoms with van der Waals surface area (Å²) in [6, 6.07) is 0. The normalized spacial score (nSPS) is 14.8. The van der Waals surface area contributed by atoms with Gasteiger partial charge in [0, 0.05) is 0 Å². The average molecular weight is 178 g/mol. The van der Waals surface area contributed by atoms with Gasteiger partial charge in [-0.05, 0) is 25.7 Å². The van der Waals surface area contributed by atoms with Crippen molar-refractivity contribution in [1.82, 2.24) is 0 Å². The molecule has 0 spiro atoms. The molecule has 0 aromatic carbocycles. The van der Waals surface area contributed by atoms with Crippen LogP contribution in [0.15, 0.2) is 36.5 Å². The second-order valence-electron chi connectivity index (χ2n) is 3.68. The van der Waals surface area contributed by atoms with E-state index >= 15 is 0 Å². The summed E-state index contributed by atoms with van der Waals surface area (Å²) in [5.74, 6) is 0.809. The molecule has 0 aromatic heterocycles. The van der Waals surface area contributed by atoms with Gasteiger partial charge in [-0.2, -0.15) is 0 Å². The van der Waals surface area contributed by atoms with Crippen LogP contribution in [0, 0.1) is 5.92 Å². The van der Waals surface area contributed by atoms with Gasteiger partial charge in [-0.1, -0.05) is 50.1 Å². The van der Waals surface area contributed by atoms with Crippen molar-refractivity contribution in [3.63, 3.8) is 0 Å². The zero-order chi connectivity index (χ0) is 10.1. The van der Waals surface area contributed by atoms with Crippen LogP contribution in [0.1, 0.15) is 40.0 Å². The first-order valence-corrected chi connectivity index (χ1v) is 5.13. The molecule has 0 aliphatic rings. The second kappa shape index (κ2) is 7.85. The Morgan fingerprint density at radius 3 is 2.69 bits per heavy atom. The van der Waals surface area contributed by atoms with Crippen LogP contribution in [0.5, 0.6) is 0 Å². The van der Waals surface area contributed by atoms with Crippen molar-refractivity contribution in [2.24, 2.45) is 5.92 Å². The lowest BCUT2D eigenvalue weighted by molar-refractivity contribution is 0.557. The topological polar surface area (TPSA) is 0 Å². The largest absolute Gasteiger partial charge is 0.103 e. The summed E-state index contributed by atoms with van der Waals surface area (Å²) in [4.78, 5) is 0. The highest BCUT2D eigenvalue weighted by Crippen LogP contribution is 2.13. The minimum Gasteiger partial charge on any atom is -0.103 e. The third-order valence-electron chi connectivity index (χ3n) is 2.19. The van der Waals surface area contributed by atoms with Crippen LogP contribution in [0.25, 0.3) is 0 Å². The zero-order valence-electron chi connectivity index (χ0n) is 9.22. The molecule has 74 valence electrons. The molecule has 0 heteroatoms. The van der Waals surface area contributed by atoms with E-state index < -0.39 is 0 Å². The van der Waals surface area contributed by atoms with E-state index in [4.69, 9.17) is 0 Å². The Hall–Kier alpha value is -0.780. The van der Waals surface area contributed by atoms with E-state index in [2.05, 4.69) is 45.6 Å². The molecule has 0 N–H and O–H groups in total. The van der Waals surface area contributed by atoms with Gasteiger partial charge in [0.2, 0.25) is 0 Å². The van der Waals surface area contributed by atoms with E-state index in [1.54, 1.807) is 0 Å². The molecule has 1 unspecified atom stereocenters. The fraction of sp³-hybridized carbons (Fsp3) is 0.538. The van der Waals surface area contributed by atoms with Crippen molar-refractivity contribution in [1.29, 1.82) is 0 Å². The summed E-state index contributed by atoms with van der Waals surface area (Å²) in [5, 5.41) is 0. The molecule has 0 fully saturated rings. The molecule has 0 heterocycles. The number of allylic oxidation sites excluding steroid dienone is 5. The van der Waals surface area contributed by atoms with Gasteiger partial charge in [0.25, 0.3) is 0 Å². The molecule has 0 saturated carbocycles. The van der Waals surface area contributed by atoms with E-state index in [1.165, 1.54) is 18.4 Å². The Balaban J connectivity index is 3.80. The molecule has 0 aromatic rings. The number of hydrogen-bond donors (Lipinski definition) is 0. The first-order chi connectivity index (χ1) is 6.20. The number of hydrogen-bond acceptors (Lipinski definition) is 0. The molecular formula is C13H22. The molecule has 0 amide bonds. The van der Waals surface area contributed by atoms with Gasteiger partial charge in [0.1, 0.15) is 0 Å². The second-order valence-corrected chi connectivity index (χ2v) is 3.68. The van der Waals surface area contributed by atoms with Crippen LogP contribution in [0.2, 0.25) is 0 Å². The Morgan fingerprint density at radius 2 is 2.15 bits per heavy atom. The van der Waals surface area contributed by atoms with Crippen LogP contribution in [0.4, 0.5) is 0 Å². The van der Waals surface area contributed by atoms with E-state index in [-0.39, 0.29) is 0 Å². The van der Waals surface area contributed by atoms with Crippen LogP contribution >= 0.6 is 0 Å². The molecule has 13 heavy (non-hydrogen) atoms. The standard InChI is InChI=1S/C13H22/c1-5-7-8-9-10-13(4)11-12(3)6-2/h5,8-10,12H,1,6-7,11H2,2-4H3. The lowest BCUT2D eigenvalue weighted by Crippen LogP contribution is -1.91. The van der Waals surface area contributed by atoms with Crippen LogP contribution in [-0.2, 0) is 0 Å². The van der Waals surface area contributed by atoms with Crippen LogP contribution in [0.3, 0.4) is 0 Å². The number of rotatable bonds is 6. The maximum Gasteiger partial charge on any atom is -0.0169 e. The molecular weight excluding hydrogens is 156 g/mol. The fourth-order valence-corrected chi connectivity index (χ4v) is 1.17. The highest BCUT2D eigenvalue weighted by molar-refractivity contribution is 5.11. The molecule has 0 bridgehead atoms. The van der Waals surface area contributed by atoms with Crippen molar-refractivity contribution in [2.75, 3.05) is 0 Å². The van der Waals surface area contributed by atoms with Gasteiger partial charge in [-0.15, -0.1) is 6.58 Å². The van der Waals surface area contributed by atoms with E-state index in [9.17, 15) is 0 Å². The van der Waals surface area contributed by atoms with E-state index in [0.29, 0.717) is 0 Å². The third kappa shape index (κ3) is 7.58. The zero-order valence-corrected chi connectivity index (χ0v) is 9.22. The molecule has 0 saturated heterocycles. The summed E-state index contributed by atoms with van der Waals surface area (Å²) in [6.07, 6.45) is 11.8. The SMILES string of the molecule is C=CCC=CC=C(C)CC(C)CC. The van der Waals surface area contributed by atoms with E-state index in [1.807, 2.05) is 6.08 Å². The highest BCUT2D eigenvalue weighted by Gasteiger charge is 1.97. The monoisotopic (exact) mass is 178 g/mol. The minimum atomic E-state index is 0.809. The van der Waals surface area contributed by atoms with Gasteiger partial charge in [-0.25, -0.2) is 0 Å². The first-order valence-electron chi connectivity index (χ1n) is 5.13. The molecule has 0 radical (unpaired) electrons. The van der Waals surface area contributed by atoms with Crippen molar-refractivity contribution >= 4 is 0 Å². The smallest absolute Gasteiger partial charge is 0.0169 e. The predicted octanol–water partition coefficient (Wildman–Crippen LogP) is 4.50. The van der Waals surface area contributed by atoms with Crippen molar-refractivity contribution in [2.45, 2.75) is 40.0 Å². The molecule has 0 aliphatic heterocycles. The Labute approximate surface area is 83.0 Å². The van der Waals surface area contributed by atoms with Crippen LogP contribution in [-0.4, -0.2) is 0 Å². The summed E-state index contributed by atoms with van der Waals surface area (Å²) >= 11 is 0. The Morgan fingerprint density at radius 1 is 1.46 bits per heavy atom. The Bertz CT molecular complexity index is 184. The maximum absolute atomic E-state index is 3.67. The molecule has 0 nitrogen and oxygen atoms in total. The van der Waals surface area contributed by atoms with Crippen molar-refractivity contribution in [3.05, 3.63) is 36.5 Å². The minimum absolute atomic E-state index is 0.809. The Kier molecular flexibility index (Phi) is 7.38. The van der Waals surface area contributed by atoms with Gasteiger partial charge in [-0.3, -0.25) is 0 Å². The third-order valence-corrected chi connectivity index (χ3v) is 2.19. The summed E-state index contributed by atoms with van der Waals surface area (Å²) < 4.78 is 0.